The van der Waals surface area contributed by atoms with Crippen LogP contribution in [0.1, 0.15) is 45.4 Å². The third-order valence-electron chi connectivity index (χ3n) is 3.93. The van der Waals surface area contributed by atoms with Gasteiger partial charge in [-0.05, 0) is 48.7 Å². The van der Waals surface area contributed by atoms with Gasteiger partial charge in [-0.2, -0.15) is 0 Å². The number of aryl methyl sites for hydroxylation is 1. The quantitative estimate of drug-likeness (QED) is 0.635. The highest BCUT2D eigenvalue weighted by Gasteiger charge is 2.16. The van der Waals surface area contributed by atoms with E-state index in [9.17, 15) is 0 Å². The summed E-state index contributed by atoms with van der Waals surface area (Å²) >= 11 is 3.43. The van der Waals surface area contributed by atoms with Gasteiger partial charge in [0.15, 0.2) is 0 Å². The molecule has 1 unspecified atom stereocenters. The first-order valence-electron chi connectivity index (χ1n) is 7.70. The van der Waals surface area contributed by atoms with Crippen molar-refractivity contribution < 1.29 is 0 Å². The molecule has 4 nitrogen and oxygen atoms in total. The molecule has 0 bridgehead atoms. The Morgan fingerprint density at radius 1 is 1.40 bits per heavy atom. The first-order chi connectivity index (χ1) is 9.69. The summed E-state index contributed by atoms with van der Waals surface area (Å²) in [6.45, 7) is 7.84. The monoisotopic (exact) mass is 340 g/mol. The summed E-state index contributed by atoms with van der Waals surface area (Å²) in [5.41, 5.74) is 0. The molecule has 1 aliphatic rings. The molecule has 112 valence electrons. The van der Waals surface area contributed by atoms with E-state index >= 15 is 0 Å². The summed E-state index contributed by atoms with van der Waals surface area (Å²) in [7, 11) is 0. The molecule has 1 aromatic rings. The number of piperidine rings is 1. The molecule has 5 heteroatoms. The topological polar surface area (TPSA) is 41.1 Å². The van der Waals surface area contributed by atoms with Gasteiger partial charge in [0, 0.05) is 31.6 Å². The molecule has 0 aliphatic carbocycles. The first-order valence-corrected chi connectivity index (χ1v) is 8.49. The number of anilines is 1. The first kappa shape index (κ1) is 15.7. The molecule has 0 radical (unpaired) electrons. The summed E-state index contributed by atoms with van der Waals surface area (Å²) in [6.07, 6.45) is 6.13. The zero-order valence-corrected chi connectivity index (χ0v) is 14.1. The fourth-order valence-electron chi connectivity index (χ4n) is 2.70. The Bertz CT molecular complexity index is 424. The van der Waals surface area contributed by atoms with Crippen LogP contribution in [0.4, 0.5) is 5.82 Å². The molecular formula is C15H25BrN4. The maximum absolute atomic E-state index is 4.49. The molecule has 1 fully saturated rings. The number of hydrogen-bond acceptors (Lipinski definition) is 4. The summed E-state index contributed by atoms with van der Waals surface area (Å²) < 4.78 is 0.858. The van der Waals surface area contributed by atoms with Crippen LogP contribution in [0.15, 0.2) is 10.7 Å². The van der Waals surface area contributed by atoms with Crippen LogP contribution in [0, 0.1) is 0 Å². The van der Waals surface area contributed by atoms with Gasteiger partial charge in [-0.1, -0.05) is 13.3 Å². The van der Waals surface area contributed by atoms with Crippen molar-refractivity contribution in [2.75, 3.05) is 25.0 Å². The van der Waals surface area contributed by atoms with Crippen LogP contribution in [0.2, 0.25) is 0 Å². The van der Waals surface area contributed by atoms with Crippen LogP contribution >= 0.6 is 15.9 Å². The van der Waals surface area contributed by atoms with Gasteiger partial charge in [0.1, 0.15) is 16.2 Å². The van der Waals surface area contributed by atoms with Gasteiger partial charge in [0.2, 0.25) is 0 Å². The second-order valence-electron chi connectivity index (χ2n) is 5.51. The van der Waals surface area contributed by atoms with E-state index in [1.54, 1.807) is 0 Å². The fourth-order valence-corrected chi connectivity index (χ4v) is 3.12. The van der Waals surface area contributed by atoms with E-state index in [-0.39, 0.29) is 0 Å². The number of rotatable bonds is 6. The summed E-state index contributed by atoms with van der Waals surface area (Å²) in [5, 5.41) is 3.41. The fraction of sp³-hybridized carbons (Fsp3) is 0.733. The summed E-state index contributed by atoms with van der Waals surface area (Å²) in [6, 6.07) is 2.70. The van der Waals surface area contributed by atoms with E-state index in [1.807, 2.05) is 6.07 Å². The average molecular weight is 341 g/mol. The van der Waals surface area contributed by atoms with Crippen LogP contribution in [0.5, 0.6) is 0 Å². The minimum Gasteiger partial charge on any atom is -0.370 e. The molecular weight excluding hydrogens is 316 g/mol. The van der Waals surface area contributed by atoms with Gasteiger partial charge >= 0.3 is 0 Å². The van der Waals surface area contributed by atoms with Gasteiger partial charge in [-0.15, -0.1) is 0 Å². The zero-order chi connectivity index (χ0) is 14.4. The van der Waals surface area contributed by atoms with Crippen molar-refractivity contribution in [1.82, 2.24) is 14.9 Å². The highest BCUT2D eigenvalue weighted by atomic mass is 79.9. The number of likely N-dealkylation sites (tertiary alicyclic amines) is 1. The number of nitrogens with one attached hydrogen (secondary N) is 1. The lowest BCUT2D eigenvalue weighted by atomic mass is 10.0. The Labute approximate surface area is 130 Å². The van der Waals surface area contributed by atoms with E-state index < -0.39 is 0 Å². The van der Waals surface area contributed by atoms with Gasteiger partial charge < -0.3 is 10.2 Å². The molecule has 0 spiro atoms. The molecule has 0 saturated carbocycles. The SMILES string of the molecule is CCc1nc(Br)cc(NCCCN2CCCCC2C)n1. The van der Waals surface area contributed by atoms with Crippen LogP contribution in [0.3, 0.4) is 0 Å². The molecule has 2 heterocycles. The normalized spacial score (nSPS) is 20.1. The lowest BCUT2D eigenvalue weighted by molar-refractivity contribution is 0.160. The van der Waals surface area contributed by atoms with Crippen molar-refractivity contribution in [1.29, 1.82) is 0 Å². The van der Waals surface area contributed by atoms with E-state index in [4.69, 9.17) is 0 Å². The van der Waals surface area contributed by atoms with Crippen LogP contribution in [-0.2, 0) is 6.42 Å². The van der Waals surface area contributed by atoms with E-state index in [1.165, 1.54) is 32.4 Å². The van der Waals surface area contributed by atoms with Crippen molar-refractivity contribution in [2.45, 2.75) is 52.0 Å². The maximum atomic E-state index is 4.49. The molecule has 1 aliphatic heterocycles. The molecule has 1 saturated heterocycles. The molecule has 2 rings (SSSR count). The molecule has 0 amide bonds. The van der Waals surface area contributed by atoms with Gasteiger partial charge in [-0.3, -0.25) is 0 Å². The largest absolute Gasteiger partial charge is 0.370 e. The van der Waals surface area contributed by atoms with Gasteiger partial charge in [-0.25, -0.2) is 9.97 Å². The predicted octanol–water partition coefficient (Wildman–Crippen LogP) is 3.48. The van der Waals surface area contributed by atoms with Crippen LogP contribution in [0.25, 0.3) is 0 Å². The minimum atomic E-state index is 0.753. The second-order valence-corrected chi connectivity index (χ2v) is 6.32. The Hall–Kier alpha value is -0.680. The highest BCUT2D eigenvalue weighted by Crippen LogP contribution is 2.16. The number of hydrogen-bond donors (Lipinski definition) is 1. The third kappa shape index (κ3) is 4.70. The van der Waals surface area contributed by atoms with Crippen molar-refractivity contribution in [3.05, 3.63) is 16.5 Å². The molecule has 0 aromatic carbocycles. The molecule has 1 N–H and O–H groups in total. The standard InChI is InChI=1S/C15H25BrN4/c1-3-14-18-13(16)11-15(19-14)17-8-6-10-20-9-5-4-7-12(20)2/h11-12H,3-10H2,1-2H3,(H,17,18,19). The van der Waals surface area contributed by atoms with Gasteiger partial charge in [0.25, 0.3) is 0 Å². The van der Waals surface area contributed by atoms with Crippen LogP contribution < -0.4 is 5.32 Å². The molecule has 1 atom stereocenters. The minimum absolute atomic E-state index is 0.753. The van der Waals surface area contributed by atoms with Crippen molar-refractivity contribution >= 4 is 21.7 Å². The Morgan fingerprint density at radius 3 is 3.00 bits per heavy atom. The average Bonchev–Trinajstić information content (AvgIpc) is 2.44. The number of halogens is 1. The number of aromatic nitrogens is 2. The third-order valence-corrected chi connectivity index (χ3v) is 4.33. The smallest absolute Gasteiger partial charge is 0.131 e. The van der Waals surface area contributed by atoms with Crippen molar-refractivity contribution in [3.8, 4) is 0 Å². The van der Waals surface area contributed by atoms with Crippen molar-refractivity contribution in [3.63, 3.8) is 0 Å². The number of nitrogens with zero attached hydrogens (tertiary/aromatic N) is 3. The molecule has 20 heavy (non-hydrogen) atoms. The second kappa shape index (κ2) is 7.93. The Morgan fingerprint density at radius 2 is 2.25 bits per heavy atom. The van der Waals surface area contributed by atoms with Crippen LogP contribution in [-0.4, -0.2) is 40.5 Å². The Kier molecular flexibility index (Phi) is 6.23. The summed E-state index contributed by atoms with van der Waals surface area (Å²) in [4.78, 5) is 11.4. The zero-order valence-electron chi connectivity index (χ0n) is 12.5. The Balaban J connectivity index is 1.74. The summed E-state index contributed by atoms with van der Waals surface area (Å²) in [5.74, 6) is 1.81. The van der Waals surface area contributed by atoms with E-state index in [2.05, 4.69) is 50.0 Å². The van der Waals surface area contributed by atoms with Crippen molar-refractivity contribution in [2.24, 2.45) is 0 Å². The highest BCUT2D eigenvalue weighted by molar-refractivity contribution is 9.10. The van der Waals surface area contributed by atoms with E-state index in [0.29, 0.717) is 0 Å². The maximum Gasteiger partial charge on any atom is 0.131 e. The van der Waals surface area contributed by atoms with E-state index in [0.717, 1.165) is 41.7 Å². The lowest BCUT2D eigenvalue weighted by Crippen LogP contribution is -2.38. The predicted molar refractivity (Wildman–Crippen MR) is 87.1 cm³/mol. The molecule has 1 aromatic heterocycles. The lowest BCUT2D eigenvalue weighted by Gasteiger charge is -2.33. The van der Waals surface area contributed by atoms with Gasteiger partial charge in [0.05, 0.1) is 0 Å².